The Balaban J connectivity index is 1.45. The number of piperidine rings is 2. The number of sulfone groups is 1. The molecule has 1 atom stereocenters. The van der Waals surface area contributed by atoms with Crippen LogP contribution in [0.3, 0.4) is 0 Å². The number of rotatable bonds is 7. The van der Waals surface area contributed by atoms with E-state index in [0.29, 0.717) is 22.6 Å². The van der Waals surface area contributed by atoms with Crippen LogP contribution in [0.25, 0.3) is 11.1 Å². The zero-order chi connectivity index (χ0) is 22.9. The topological polar surface area (TPSA) is 87.0 Å². The predicted molar refractivity (Wildman–Crippen MR) is 120 cm³/mol. The number of benzene rings is 2. The van der Waals surface area contributed by atoms with E-state index in [1.54, 1.807) is 24.3 Å². The first-order chi connectivity index (χ1) is 15.2. The van der Waals surface area contributed by atoms with E-state index in [1.807, 2.05) is 0 Å². The number of hydrogen-bond donors (Lipinski definition) is 1. The summed E-state index contributed by atoms with van der Waals surface area (Å²) in [5.74, 6) is -0.276. The highest BCUT2D eigenvalue weighted by atomic mass is 32.2. The lowest BCUT2D eigenvalue weighted by molar-refractivity contribution is -0.129. The third-order valence-electron chi connectivity index (χ3n) is 6.97. The molecule has 2 aromatic carbocycles. The van der Waals surface area contributed by atoms with E-state index in [1.165, 1.54) is 18.2 Å². The fourth-order valence-electron chi connectivity index (χ4n) is 4.90. The maximum Gasteiger partial charge on any atom is 0.175 e. The van der Waals surface area contributed by atoms with Gasteiger partial charge in [-0.3, -0.25) is 4.79 Å². The molecule has 1 aliphatic carbocycles. The van der Waals surface area contributed by atoms with Gasteiger partial charge in [-0.1, -0.05) is 24.3 Å². The second kappa shape index (κ2) is 8.76. The van der Waals surface area contributed by atoms with Crippen molar-refractivity contribution in [2.75, 3.05) is 12.8 Å². The molecule has 2 heterocycles. The monoisotopic (exact) mass is 454 g/mol. The number of fused-ring (bicyclic) bond motifs is 3. The Morgan fingerprint density at radius 3 is 2.38 bits per heavy atom. The van der Waals surface area contributed by atoms with Crippen LogP contribution in [0.4, 0.5) is 4.39 Å². The van der Waals surface area contributed by atoms with E-state index in [-0.39, 0.29) is 23.5 Å². The number of hydrogen-bond acceptors (Lipinski definition) is 5. The van der Waals surface area contributed by atoms with Crippen molar-refractivity contribution < 1.29 is 17.6 Å². The summed E-state index contributed by atoms with van der Waals surface area (Å²) in [6.45, 7) is 0.865. The van der Waals surface area contributed by atoms with E-state index in [0.717, 1.165) is 38.5 Å². The molecule has 1 saturated carbocycles. The van der Waals surface area contributed by atoms with Crippen molar-refractivity contribution in [1.29, 1.82) is 5.26 Å². The van der Waals surface area contributed by atoms with Crippen molar-refractivity contribution >= 4 is 15.6 Å². The molecule has 3 aliphatic rings. The normalized spacial score (nSPS) is 23.5. The van der Waals surface area contributed by atoms with Crippen molar-refractivity contribution in [1.82, 2.24) is 5.32 Å². The van der Waals surface area contributed by atoms with Gasteiger partial charge in [0.1, 0.15) is 5.82 Å². The van der Waals surface area contributed by atoms with Gasteiger partial charge in [-0.25, -0.2) is 12.8 Å². The average molecular weight is 455 g/mol. The fraction of sp³-hybridized carbons (Fsp3) is 0.440. The predicted octanol–water partition coefficient (Wildman–Crippen LogP) is 4.07. The molecular weight excluding hydrogens is 427 g/mol. The summed E-state index contributed by atoms with van der Waals surface area (Å²) in [5, 5.41) is 13.0. The summed E-state index contributed by atoms with van der Waals surface area (Å²) < 4.78 is 38.1. The molecule has 5 nitrogen and oxygen atoms in total. The Kier molecular flexibility index (Phi) is 6.19. The Morgan fingerprint density at radius 1 is 1.19 bits per heavy atom. The van der Waals surface area contributed by atoms with Gasteiger partial charge in [0.05, 0.1) is 22.4 Å². The molecule has 7 heteroatoms. The van der Waals surface area contributed by atoms with Crippen LogP contribution < -0.4 is 5.32 Å². The van der Waals surface area contributed by atoms with Gasteiger partial charge in [-0.05, 0) is 79.5 Å². The number of halogens is 1. The number of nitriles is 1. The largest absolute Gasteiger partial charge is 0.305 e. The number of Topliss-reactive ketones (excluding diaryl/α,β-unsaturated/α-hetero) is 1. The van der Waals surface area contributed by atoms with Gasteiger partial charge in [-0.15, -0.1) is 0 Å². The van der Waals surface area contributed by atoms with Crippen molar-refractivity contribution in [3.05, 3.63) is 53.8 Å². The molecule has 0 spiro atoms. The van der Waals surface area contributed by atoms with Gasteiger partial charge in [0, 0.05) is 12.7 Å². The van der Waals surface area contributed by atoms with Crippen LogP contribution in [0.5, 0.6) is 0 Å². The summed E-state index contributed by atoms with van der Waals surface area (Å²) in [6.07, 6.45) is 5.21. The Hall–Kier alpha value is -2.56. The van der Waals surface area contributed by atoms with E-state index < -0.39 is 27.1 Å². The Bertz CT molecular complexity index is 1150. The van der Waals surface area contributed by atoms with Gasteiger partial charge in [-0.2, -0.15) is 5.26 Å². The smallest absolute Gasteiger partial charge is 0.175 e. The minimum Gasteiger partial charge on any atom is -0.305 e. The highest BCUT2D eigenvalue weighted by Crippen LogP contribution is 2.38. The number of nitrogens with zero attached hydrogens (tertiary/aromatic N) is 1. The molecule has 2 saturated heterocycles. The van der Waals surface area contributed by atoms with Crippen molar-refractivity contribution in [3.63, 3.8) is 0 Å². The second-order valence-corrected chi connectivity index (χ2v) is 11.2. The number of ketones is 1. The third-order valence-corrected chi connectivity index (χ3v) is 8.10. The minimum absolute atomic E-state index is 0.0743. The quantitative estimate of drug-likeness (QED) is 0.682. The summed E-state index contributed by atoms with van der Waals surface area (Å²) >= 11 is 0. The van der Waals surface area contributed by atoms with E-state index >= 15 is 0 Å². The molecule has 3 fully saturated rings. The summed E-state index contributed by atoms with van der Waals surface area (Å²) in [7, 11) is -3.29. The van der Waals surface area contributed by atoms with Crippen LogP contribution in [-0.4, -0.2) is 32.5 Å². The zero-order valence-electron chi connectivity index (χ0n) is 18.1. The van der Waals surface area contributed by atoms with Gasteiger partial charge < -0.3 is 5.32 Å². The Labute approximate surface area is 188 Å². The molecule has 5 rings (SSSR count). The number of carbonyl (C=O) groups excluding carboxylic acids is 1. The van der Waals surface area contributed by atoms with E-state index in [9.17, 15) is 22.9 Å². The van der Waals surface area contributed by atoms with Crippen LogP contribution >= 0.6 is 0 Å². The molecular formula is C25H27FN2O3S. The van der Waals surface area contributed by atoms with Crippen molar-refractivity contribution in [2.45, 2.75) is 49.0 Å². The van der Waals surface area contributed by atoms with Crippen molar-refractivity contribution in [2.24, 2.45) is 11.8 Å². The van der Waals surface area contributed by atoms with E-state index in [4.69, 9.17) is 0 Å². The van der Waals surface area contributed by atoms with Gasteiger partial charge >= 0.3 is 0 Å². The first-order valence-electron chi connectivity index (χ1n) is 11.0. The first kappa shape index (κ1) is 22.6. The molecule has 2 bridgehead atoms. The molecule has 0 amide bonds. The van der Waals surface area contributed by atoms with Gasteiger partial charge in [0.25, 0.3) is 0 Å². The molecule has 0 radical (unpaired) electrons. The standard InChI is InChI=1S/C25H27FN2O3S/c1-32(30,31)22-6-4-19(5-7-22)20-2-3-21(23(26)14-20)12-18(15-27)13-24(29)25-10-8-17(9-11-25)16-28-25/h2-7,14,17-18,28H,8-13,16H2,1H3/t17?,18-,25?/m1/s1. The molecule has 32 heavy (non-hydrogen) atoms. The average Bonchev–Trinajstić information content (AvgIpc) is 2.80. The van der Waals surface area contributed by atoms with Crippen LogP contribution in [-0.2, 0) is 21.1 Å². The fourth-order valence-corrected chi connectivity index (χ4v) is 5.53. The number of carbonyl (C=O) groups is 1. The lowest BCUT2D eigenvalue weighted by atomic mass is 9.68. The molecule has 2 aliphatic heterocycles. The Morgan fingerprint density at radius 2 is 1.84 bits per heavy atom. The molecule has 2 aromatic rings. The molecule has 0 unspecified atom stereocenters. The van der Waals surface area contributed by atoms with E-state index in [2.05, 4.69) is 11.4 Å². The lowest BCUT2D eigenvalue weighted by Crippen LogP contribution is -2.60. The van der Waals surface area contributed by atoms with Crippen molar-refractivity contribution in [3.8, 4) is 17.2 Å². The molecule has 1 N–H and O–H groups in total. The summed E-state index contributed by atoms with van der Waals surface area (Å²) in [4.78, 5) is 13.2. The van der Waals surface area contributed by atoms with Gasteiger partial charge in [0.2, 0.25) is 0 Å². The molecule has 0 aromatic heterocycles. The summed E-state index contributed by atoms with van der Waals surface area (Å²) in [6, 6.07) is 13.3. The minimum atomic E-state index is -3.29. The maximum absolute atomic E-state index is 14.8. The van der Waals surface area contributed by atoms with Crippen LogP contribution in [0.15, 0.2) is 47.4 Å². The number of nitrogens with one attached hydrogen (secondary N) is 1. The SMILES string of the molecule is CS(=O)(=O)c1ccc(-c2ccc(C[C@@H](C#N)CC(=O)C34CCC(CC3)CN4)c(F)c2)cc1. The first-order valence-corrected chi connectivity index (χ1v) is 12.9. The highest BCUT2D eigenvalue weighted by Gasteiger charge is 2.45. The zero-order valence-corrected chi connectivity index (χ0v) is 18.9. The third kappa shape index (κ3) is 4.62. The maximum atomic E-state index is 14.8. The second-order valence-electron chi connectivity index (χ2n) is 9.17. The lowest BCUT2D eigenvalue weighted by Gasteiger charge is -2.46. The van der Waals surface area contributed by atoms with Gasteiger partial charge in [0.15, 0.2) is 15.6 Å². The van der Waals surface area contributed by atoms with Crippen LogP contribution in [0, 0.1) is 29.0 Å². The summed E-state index contributed by atoms with van der Waals surface area (Å²) in [5.41, 5.74) is 1.23. The van der Waals surface area contributed by atoms with Crippen LogP contribution in [0.1, 0.15) is 37.7 Å². The van der Waals surface area contributed by atoms with Crippen LogP contribution in [0.2, 0.25) is 0 Å². The molecule has 168 valence electrons. The highest BCUT2D eigenvalue weighted by molar-refractivity contribution is 7.90.